The lowest BCUT2D eigenvalue weighted by molar-refractivity contribution is -0.105. The highest BCUT2D eigenvalue weighted by atomic mass is 28.4. The van der Waals surface area contributed by atoms with Crippen LogP contribution in [0.1, 0.15) is 27.2 Å². The minimum absolute atomic E-state index is 0.0757. The van der Waals surface area contributed by atoms with E-state index in [0.717, 1.165) is 6.42 Å². The summed E-state index contributed by atoms with van der Waals surface area (Å²) in [6, 6.07) is 21.2. The van der Waals surface area contributed by atoms with Crippen molar-refractivity contribution in [1.29, 1.82) is 0 Å². The molecular weight excluding hydrogens is 482 g/mol. The predicted molar refractivity (Wildman–Crippen MR) is 151 cm³/mol. The van der Waals surface area contributed by atoms with Crippen LogP contribution in [0.4, 0.5) is 0 Å². The first kappa shape index (κ1) is 29.0. The molecule has 0 radical (unpaired) electrons. The zero-order valence-electron chi connectivity index (χ0n) is 22.6. The molecule has 1 aliphatic rings. The molecule has 0 aliphatic heterocycles. The Labute approximate surface area is 222 Å². The summed E-state index contributed by atoms with van der Waals surface area (Å²) in [6.45, 7) is 7.62. The summed E-state index contributed by atoms with van der Waals surface area (Å²) in [4.78, 5) is 0. The molecule has 2 aromatic carbocycles. The maximum Gasteiger partial charge on any atom is 0.261 e. The molecule has 0 bridgehead atoms. The number of ether oxygens (including phenoxy) is 3. The smallest absolute Gasteiger partial charge is 0.261 e. The number of hydrogen-bond acceptors (Lipinski definition) is 6. The number of nitrogens with zero attached hydrogens (tertiary/aromatic N) is 1. The van der Waals surface area contributed by atoms with Crippen molar-refractivity contribution in [2.75, 3.05) is 27.6 Å². The van der Waals surface area contributed by atoms with Gasteiger partial charge in [-0.25, -0.2) is 0 Å². The van der Waals surface area contributed by atoms with Crippen LogP contribution in [0, 0.1) is 11.8 Å². The second-order valence-corrected chi connectivity index (χ2v) is 14.7. The fourth-order valence-electron chi connectivity index (χ4n) is 5.28. The fourth-order valence-corrected chi connectivity index (χ4v) is 9.93. The van der Waals surface area contributed by atoms with E-state index in [-0.39, 0.29) is 35.9 Å². The SMILES string of the molecule is COCO[C@@H]1C[C@H](COC)C=C[C@H]1[C@@H](/C=C\C=N/O)O[Si](c1ccccc1)(c1ccccc1)C(C)(C)C. The fraction of sp³-hybridized carbons (Fsp3) is 0.433. The van der Waals surface area contributed by atoms with E-state index in [9.17, 15) is 0 Å². The quantitative estimate of drug-likeness (QED) is 0.108. The van der Waals surface area contributed by atoms with Gasteiger partial charge in [0.1, 0.15) is 6.79 Å². The molecule has 200 valence electrons. The van der Waals surface area contributed by atoms with Crippen molar-refractivity contribution in [3.05, 3.63) is 85.0 Å². The lowest BCUT2D eigenvalue weighted by Crippen LogP contribution is -2.68. The maximum absolute atomic E-state index is 9.09. The molecule has 0 saturated carbocycles. The maximum atomic E-state index is 9.09. The standard InChI is InChI=1S/C30H41NO5Si/c1-30(2,3)37(25-13-8-6-9-14-25,26-15-10-7-11-16-26)36-28(17-12-20-31-32)27-19-18-24(22-33-4)21-29(27)35-23-34-5/h6-20,24,27-29,32H,21-23H2,1-5H3/b17-12-,31-20-/t24-,27+,28-,29-/m1/s1. The number of benzene rings is 2. The first-order valence-corrected chi connectivity index (χ1v) is 14.7. The Balaban J connectivity index is 2.16. The Kier molecular flexibility index (Phi) is 10.8. The van der Waals surface area contributed by atoms with Gasteiger partial charge in [-0.15, -0.1) is 0 Å². The van der Waals surface area contributed by atoms with Crippen molar-refractivity contribution in [2.45, 2.75) is 44.4 Å². The van der Waals surface area contributed by atoms with Crippen LogP contribution in [-0.2, 0) is 18.6 Å². The van der Waals surface area contributed by atoms with E-state index in [1.807, 2.05) is 18.2 Å². The Morgan fingerprint density at radius 3 is 2.11 bits per heavy atom. The van der Waals surface area contributed by atoms with Crippen molar-refractivity contribution >= 4 is 24.9 Å². The second kappa shape index (κ2) is 13.8. The molecule has 37 heavy (non-hydrogen) atoms. The zero-order valence-corrected chi connectivity index (χ0v) is 23.6. The van der Waals surface area contributed by atoms with Crippen molar-refractivity contribution in [2.24, 2.45) is 17.0 Å². The molecule has 0 saturated heterocycles. The zero-order chi connectivity index (χ0) is 26.7. The van der Waals surface area contributed by atoms with E-state index in [1.165, 1.54) is 16.6 Å². The van der Waals surface area contributed by atoms with E-state index in [1.54, 1.807) is 20.3 Å². The number of oxime groups is 1. The van der Waals surface area contributed by atoms with E-state index < -0.39 is 8.32 Å². The number of methoxy groups -OCH3 is 2. The monoisotopic (exact) mass is 523 g/mol. The molecule has 1 N–H and O–H groups in total. The minimum Gasteiger partial charge on any atom is -0.411 e. The molecule has 4 atom stereocenters. The van der Waals surface area contributed by atoms with Crippen LogP contribution in [0.15, 0.2) is 90.1 Å². The Hall–Kier alpha value is -2.55. The average molecular weight is 524 g/mol. The molecule has 0 spiro atoms. The van der Waals surface area contributed by atoms with Crippen molar-refractivity contribution in [3.8, 4) is 0 Å². The predicted octanol–water partition coefficient (Wildman–Crippen LogP) is 4.78. The van der Waals surface area contributed by atoms with Crippen LogP contribution >= 0.6 is 0 Å². The lowest BCUT2D eigenvalue weighted by atomic mass is 9.83. The van der Waals surface area contributed by atoms with Crippen LogP contribution < -0.4 is 10.4 Å². The van der Waals surface area contributed by atoms with E-state index in [2.05, 4.69) is 86.6 Å². The summed E-state index contributed by atoms with van der Waals surface area (Å²) in [5, 5.41) is 14.5. The third kappa shape index (κ3) is 7.06. The first-order chi connectivity index (χ1) is 17.9. The molecule has 0 aromatic heterocycles. The molecule has 0 unspecified atom stereocenters. The Morgan fingerprint density at radius 2 is 1.59 bits per heavy atom. The molecule has 0 amide bonds. The average Bonchev–Trinajstić information content (AvgIpc) is 2.90. The second-order valence-electron chi connectivity index (χ2n) is 10.4. The van der Waals surface area contributed by atoms with Gasteiger partial charge in [-0.3, -0.25) is 0 Å². The molecule has 6 nitrogen and oxygen atoms in total. The third-order valence-corrected chi connectivity index (χ3v) is 11.9. The summed E-state index contributed by atoms with van der Waals surface area (Å²) in [5.41, 5.74) is 0. The molecular formula is C30H41NO5Si. The van der Waals surface area contributed by atoms with Crippen molar-refractivity contribution in [1.82, 2.24) is 0 Å². The Bertz CT molecular complexity index is 980. The molecule has 0 heterocycles. The lowest BCUT2D eigenvalue weighted by Gasteiger charge is -2.47. The van der Waals surface area contributed by atoms with E-state index in [4.69, 9.17) is 23.8 Å². The van der Waals surface area contributed by atoms with Crippen LogP contribution in [0.2, 0.25) is 5.04 Å². The van der Waals surface area contributed by atoms with Gasteiger partial charge < -0.3 is 23.8 Å². The van der Waals surface area contributed by atoms with Gasteiger partial charge in [-0.2, -0.15) is 0 Å². The van der Waals surface area contributed by atoms with Crippen LogP contribution in [0.5, 0.6) is 0 Å². The van der Waals surface area contributed by atoms with Gasteiger partial charge in [0, 0.05) is 26.1 Å². The van der Waals surface area contributed by atoms with Crippen LogP contribution in [0.25, 0.3) is 0 Å². The number of hydrogen-bond donors (Lipinski definition) is 1. The molecule has 0 fully saturated rings. The number of allylic oxidation sites excluding steroid dienone is 1. The summed E-state index contributed by atoms with van der Waals surface area (Å²) < 4.78 is 24.4. The summed E-state index contributed by atoms with van der Waals surface area (Å²) in [5.74, 6) is 0.174. The number of rotatable bonds is 12. The van der Waals surface area contributed by atoms with Gasteiger partial charge in [-0.05, 0) is 27.9 Å². The molecule has 7 heteroatoms. The minimum atomic E-state index is -2.85. The molecule has 1 aliphatic carbocycles. The van der Waals surface area contributed by atoms with Crippen LogP contribution in [0.3, 0.4) is 0 Å². The van der Waals surface area contributed by atoms with Crippen molar-refractivity contribution < 1.29 is 23.8 Å². The highest BCUT2D eigenvalue weighted by Gasteiger charge is 2.52. The first-order valence-electron chi connectivity index (χ1n) is 12.8. The molecule has 3 rings (SSSR count). The molecule has 2 aromatic rings. The third-order valence-electron chi connectivity index (χ3n) is 6.91. The highest BCUT2D eigenvalue weighted by molar-refractivity contribution is 6.99. The summed E-state index contributed by atoms with van der Waals surface area (Å²) in [6.07, 6.45) is 9.80. The van der Waals surface area contributed by atoms with Gasteiger partial charge >= 0.3 is 0 Å². The Morgan fingerprint density at radius 1 is 0.973 bits per heavy atom. The van der Waals surface area contributed by atoms with Crippen molar-refractivity contribution in [3.63, 3.8) is 0 Å². The van der Waals surface area contributed by atoms with Gasteiger partial charge in [0.15, 0.2) is 0 Å². The highest BCUT2D eigenvalue weighted by Crippen LogP contribution is 2.40. The van der Waals surface area contributed by atoms with Gasteiger partial charge in [0.2, 0.25) is 0 Å². The van der Waals surface area contributed by atoms with Gasteiger partial charge in [-0.1, -0.05) is 105 Å². The largest absolute Gasteiger partial charge is 0.411 e. The van der Waals surface area contributed by atoms with E-state index in [0.29, 0.717) is 6.61 Å². The van der Waals surface area contributed by atoms with E-state index >= 15 is 0 Å². The van der Waals surface area contributed by atoms with Gasteiger partial charge in [0.25, 0.3) is 8.32 Å². The van der Waals surface area contributed by atoms with Gasteiger partial charge in [0.05, 0.1) is 25.0 Å². The summed E-state index contributed by atoms with van der Waals surface area (Å²) >= 11 is 0. The topological polar surface area (TPSA) is 69.5 Å². The van der Waals surface area contributed by atoms with Crippen LogP contribution in [-0.4, -0.2) is 59.6 Å². The summed E-state index contributed by atoms with van der Waals surface area (Å²) in [7, 11) is 0.499. The normalized spacial score (nSPS) is 21.6.